The molecule has 1 aromatic carbocycles. The van der Waals surface area contributed by atoms with Crippen LogP contribution in [0.5, 0.6) is 0 Å². The third-order valence-corrected chi connectivity index (χ3v) is 3.20. The van der Waals surface area contributed by atoms with E-state index >= 15 is 0 Å². The summed E-state index contributed by atoms with van der Waals surface area (Å²) in [5, 5.41) is 4.10. The molecule has 0 heterocycles. The minimum Gasteiger partial charge on any atom is -0.313 e. The lowest BCUT2D eigenvalue weighted by molar-refractivity contribution is 0.669. The number of hydrogen-bond donors (Lipinski definition) is 1. The van der Waals surface area contributed by atoms with E-state index in [9.17, 15) is 0 Å². The van der Waals surface area contributed by atoms with Crippen molar-refractivity contribution >= 4 is 11.8 Å². The highest BCUT2D eigenvalue weighted by atomic mass is 32.2. The number of nitrogens with one attached hydrogen (secondary N) is 1. The molecule has 0 saturated heterocycles. The summed E-state index contributed by atoms with van der Waals surface area (Å²) in [5.41, 5.74) is 1.42. The van der Waals surface area contributed by atoms with Crippen LogP contribution in [-0.4, -0.2) is 11.8 Å². The van der Waals surface area contributed by atoms with E-state index in [1.165, 1.54) is 16.9 Å². The van der Waals surface area contributed by atoms with Crippen LogP contribution < -0.4 is 5.32 Å². The summed E-state index contributed by atoms with van der Waals surface area (Å²) in [7, 11) is 0. The summed E-state index contributed by atoms with van der Waals surface area (Å²) < 4.78 is 0. The molecule has 0 amide bonds. The Labute approximate surface area is 97.7 Å². The van der Waals surface area contributed by atoms with Crippen LogP contribution in [0.15, 0.2) is 29.2 Å². The van der Waals surface area contributed by atoms with Gasteiger partial charge in [0.2, 0.25) is 0 Å². The molecule has 1 aromatic rings. The summed E-state index contributed by atoms with van der Waals surface area (Å²) >= 11 is 1.94. The van der Waals surface area contributed by atoms with E-state index in [1.807, 2.05) is 11.8 Å². The van der Waals surface area contributed by atoms with Crippen LogP contribution in [0.25, 0.3) is 0 Å². The fourth-order valence-electron chi connectivity index (χ4n) is 1.42. The number of thioether (sulfide) groups is 1. The standard InChI is InChI=1S/C13H21NS/c1-4-9-14-10-12-7-5-6-8-13(12)15-11(2)3/h5-8,11,14H,4,9-10H2,1-3H3. The molecule has 1 N–H and O–H groups in total. The lowest BCUT2D eigenvalue weighted by atomic mass is 10.2. The normalized spacial score (nSPS) is 10.9. The molecule has 0 fully saturated rings. The summed E-state index contributed by atoms with van der Waals surface area (Å²) in [6.45, 7) is 8.76. The zero-order chi connectivity index (χ0) is 11.1. The van der Waals surface area contributed by atoms with Gasteiger partial charge in [-0.25, -0.2) is 0 Å². The van der Waals surface area contributed by atoms with Crippen LogP contribution in [0.3, 0.4) is 0 Å². The van der Waals surface area contributed by atoms with Crippen molar-refractivity contribution < 1.29 is 0 Å². The van der Waals surface area contributed by atoms with Gasteiger partial charge in [0, 0.05) is 16.7 Å². The van der Waals surface area contributed by atoms with E-state index in [-0.39, 0.29) is 0 Å². The van der Waals surface area contributed by atoms with E-state index in [0.717, 1.165) is 13.1 Å². The van der Waals surface area contributed by atoms with Crippen molar-refractivity contribution in [3.63, 3.8) is 0 Å². The molecule has 0 bridgehead atoms. The van der Waals surface area contributed by atoms with Gasteiger partial charge in [0.1, 0.15) is 0 Å². The minimum atomic E-state index is 0.650. The van der Waals surface area contributed by atoms with Gasteiger partial charge in [-0.1, -0.05) is 39.0 Å². The second kappa shape index (κ2) is 6.91. The first-order valence-corrected chi connectivity index (χ1v) is 6.57. The number of rotatable bonds is 6. The fraction of sp³-hybridized carbons (Fsp3) is 0.538. The van der Waals surface area contributed by atoms with Crippen LogP contribution >= 0.6 is 11.8 Å². The average Bonchev–Trinajstić information content (AvgIpc) is 2.20. The predicted molar refractivity (Wildman–Crippen MR) is 69.4 cm³/mol. The van der Waals surface area contributed by atoms with Gasteiger partial charge in [-0.05, 0) is 24.6 Å². The molecule has 0 atom stereocenters. The molecule has 1 rings (SSSR count). The van der Waals surface area contributed by atoms with Gasteiger partial charge in [0.25, 0.3) is 0 Å². The van der Waals surface area contributed by atoms with Gasteiger partial charge in [-0.15, -0.1) is 11.8 Å². The first-order chi connectivity index (χ1) is 7.24. The van der Waals surface area contributed by atoms with Crippen molar-refractivity contribution in [2.24, 2.45) is 0 Å². The van der Waals surface area contributed by atoms with E-state index < -0.39 is 0 Å². The molecule has 0 aliphatic heterocycles. The molecular formula is C13H21NS. The molecule has 0 unspecified atom stereocenters. The summed E-state index contributed by atoms with van der Waals surface area (Å²) in [6, 6.07) is 8.67. The maximum atomic E-state index is 3.45. The highest BCUT2D eigenvalue weighted by molar-refractivity contribution is 8.00. The lowest BCUT2D eigenvalue weighted by Crippen LogP contribution is -2.14. The summed E-state index contributed by atoms with van der Waals surface area (Å²) in [6.07, 6.45) is 1.19. The van der Waals surface area contributed by atoms with Crippen LogP contribution in [0.1, 0.15) is 32.8 Å². The van der Waals surface area contributed by atoms with Gasteiger partial charge >= 0.3 is 0 Å². The molecule has 0 aliphatic rings. The van der Waals surface area contributed by atoms with Crippen LogP contribution in [0, 0.1) is 0 Å². The zero-order valence-electron chi connectivity index (χ0n) is 9.92. The molecule has 0 saturated carbocycles. The number of hydrogen-bond acceptors (Lipinski definition) is 2. The SMILES string of the molecule is CCCNCc1ccccc1SC(C)C. The van der Waals surface area contributed by atoms with E-state index in [0.29, 0.717) is 5.25 Å². The topological polar surface area (TPSA) is 12.0 Å². The summed E-state index contributed by atoms with van der Waals surface area (Å²) in [4.78, 5) is 1.41. The quantitative estimate of drug-likeness (QED) is 0.583. The highest BCUT2D eigenvalue weighted by Gasteiger charge is 2.03. The molecule has 0 spiro atoms. The van der Waals surface area contributed by atoms with E-state index in [1.54, 1.807) is 0 Å². The average molecular weight is 223 g/mol. The largest absolute Gasteiger partial charge is 0.313 e. The minimum absolute atomic E-state index is 0.650. The molecule has 1 nitrogen and oxygen atoms in total. The Hall–Kier alpha value is -0.470. The Morgan fingerprint density at radius 1 is 1.27 bits per heavy atom. The highest BCUT2D eigenvalue weighted by Crippen LogP contribution is 2.26. The third-order valence-electron chi connectivity index (χ3n) is 2.08. The summed E-state index contributed by atoms with van der Waals surface area (Å²) in [5.74, 6) is 0. The second-order valence-electron chi connectivity index (χ2n) is 3.95. The van der Waals surface area contributed by atoms with Gasteiger partial charge < -0.3 is 5.32 Å². The van der Waals surface area contributed by atoms with Crippen molar-refractivity contribution in [3.05, 3.63) is 29.8 Å². The van der Waals surface area contributed by atoms with Crippen LogP contribution in [-0.2, 0) is 6.54 Å². The van der Waals surface area contributed by atoms with Gasteiger partial charge in [-0.3, -0.25) is 0 Å². The first-order valence-electron chi connectivity index (χ1n) is 5.69. The second-order valence-corrected chi connectivity index (χ2v) is 5.57. The zero-order valence-corrected chi connectivity index (χ0v) is 10.7. The Balaban J connectivity index is 2.60. The van der Waals surface area contributed by atoms with Crippen LogP contribution in [0.4, 0.5) is 0 Å². The third kappa shape index (κ3) is 4.72. The molecule has 0 radical (unpaired) electrons. The number of benzene rings is 1. The molecule has 0 aliphatic carbocycles. The van der Waals surface area contributed by atoms with E-state index in [4.69, 9.17) is 0 Å². The monoisotopic (exact) mass is 223 g/mol. The Morgan fingerprint density at radius 3 is 2.67 bits per heavy atom. The predicted octanol–water partition coefficient (Wildman–Crippen LogP) is 3.69. The van der Waals surface area contributed by atoms with E-state index in [2.05, 4.69) is 50.4 Å². The maximum absolute atomic E-state index is 3.45. The molecule has 84 valence electrons. The van der Waals surface area contributed by atoms with Gasteiger partial charge in [-0.2, -0.15) is 0 Å². The fourth-order valence-corrected chi connectivity index (χ4v) is 2.38. The van der Waals surface area contributed by atoms with Crippen molar-refractivity contribution in [2.45, 2.75) is 43.9 Å². The van der Waals surface area contributed by atoms with Crippen molar-refractivity contribution in [1.82, 2.24) is 5.32 Å². The van der Waals surface area contributed by atoms with Crippen molar-refractivity contribution in [2.75, 3.05) is 6.54 Å². The molecule has 2 heteroatoms. The first kappa shape index (κ1) is 12.6. The molecule has 15 heavy (non-hydrogen) atoms. The van der Waals surface area contributed by atoms with Crippen LogP contribution in [0.2, 0.25) is 0 Å². The maximum Gasteiger partial charge on any atom is 0.0216 e. The smallest absolute Gasteiger partial charge is 0.0216 e. The Morgan fingerprint density at radius 2 is 2.00 bits per heavy atom. The van der Waals surface area contributed by atoms with Crippen molar-refractivity contribution in [3.8, 4) is 0 Å². The Kier molecular flexibility index (Phi) is 5.81. The molecular weight excluding hydrogens is 202 g/mol. The van der Waals surface area contributed by atoms with Crippen molar-refractivity contribution in [1.29, 1.82) is 0 Å². The lowest BCUT2D eigenvalue weighted by Gasteiger charge is -2.11. The molecule has 0 aromatic heterocycles. The Bertz CT molecular complexity index is 284. The van der Waals surface area contributed by atoms with Gasteiger partial charge in [0.15, 0.2) is 0 Å². The van der Waals surface area contributed by atoms with Gasteiger partial charge in [0.05, 0.1) is 0 Å².